The molecule has 2 amide bonds. The van der Waals surface area contributed by atoms with Gasteiger partial charge < -0.3 is 45.6 Å². The Kier molecular flexibility index (Phi) is 9.98. The molecule has 0 aliphatic carbocycles. The number of amides is 2. The van der Waals surface area contributed by atoms with Gasteiger partial charge in [-0.05, 0) is 6.92 Å². The van der Waals surface area contributed by atoms with E-state index in [1.807, 2.05) is 0 Å². The third-order valence-corrected chi connectivity index (χ3v) is 3.63. The van der Waals surface area contributed by atoms with Crippen LogP contribution in [0.4, 0.5) is 0 Å². The highest BCUT2D eigenvalue weighted by atomic mass is 16.4. The van der Waals surface area contributed by atoms with Gasteiger partial charge in [-0.25, -0.2) is 0 Å². The maximum absolute atomic E-state index is 11.7. The first kappa shape index (κ1) is 24.5. The van der Waals surface area contributed by atoms with Crippen molar-refractivity contribution in [2.24, 2.45) is 0 Å². The summed E-state index contributed by atoms with van der Waals surface area (Å²) in [5.74, 6) is -2.41. The Balaban J connectivity index is 4.80. The van der Waals surface area contributed by atoms with Crippen LogP contribution in [0.25, 0.3) is 0 Å². The van der Waals surface area contributed by atoms with E-state index in [4.69, 9.17) is 15.3 Å². The number of carbonyl (C=O) groups excluding carboxylic acids is 3. The summed E-state index contributed by atoms with van der Waals surface area (Å²) in [6, 6.07) is 0. The molecule has 0 rings (SSSR count). The van der Waals surface area contributed by atoms with Gasteiger partial charge in [0.05, 0.1) is 31.7 Å². The lowest BCUT2D eigenvalue weighted by Crippen LogP contribution is -2.55. The van der Waals surface area contributed by atoms with E-state index in [0.29, 0.717) is 0 Å². The van der Waals surface area contributed by atoms with Crippen LogP contribution < -0.4 is 5.32 Å². The molecule has 0 unspecified atom stereocenters. The van der Waals surface area contributed by atoms with Gasteiger partial charge in [0.2, 0.25) is 11.8 Å². The zero-order chi connectivity index (χ0) is 20.7. The van der Waals surface area contributed by atoms with Crippen molar-refractivity contribution in [1.29, 1.82) is 0 Å². The van der Waals surface area contributed by atoms with Gasteiger partial charge in [-0.1, -0.05) is 0 Å². The Morgan fingerprint density at radius 1 is 1.00 bits per heavy atom. The zero-order valence-corrected chi connectivity index (χ0v) is 14.0. The fourth-order valence-corrected chi connectivity index (χ4v) is 1.96. The van der Waals surface area contributed by atoms with Gasteiger partial charge in [-0.2, -0.15) is 0 Å². The molecule has 0 bridgehead atoms. The topological polar surface area (TPSA) is 225 Å². The standard InChI is InChI=1S/C14H25NO11/c1-6(18)11(23)13(25)14(26,5-17)3-10(22)15-9(21)2-7(19)12(24)8(20)4-16/h5-8,11-13,16,18-20,23-26H,2-4H2,1H3,(H,15,21,22)/t6-,7+,8+,11+,12-,13+,14+/m0/s1. The van der Waals surface area contributed by atoms with E-state index in [1.165, 1.54) is 0 Å². The number of hydrogen-bond acceptors (Lipinski definition) is 11. The molecule has 12 heteroatoms. The Morgan fingerprint density at radius 2 is 1.54 bits per heavy atom. The second-order valence-electron chi connectivity index (χ2n) is 5.95. The molecule has 0 radical (unpaired) electrons. The summed E-state index contributed by atoms with van der Waals surface area (Å²) < 4.78 is 0. The molecule has 0 saturated carbocycles. The molecule has 0 aliphatic rings. The third-order valence-electron chi connectivity index (χ3n) is 3.63. The smallest absolute Gasteiger partial charge is 0.230 e. The molecular formula is C14H25NO11. The molecule has 0 saturated heterocycles. The molecule has 7 atom stereocenters. The summed E-state index contributed by atoms with van der Waals surface area (Å²) in [4.78, 5) is 34.3. The lowest BCUT2D eigenvalue weighted by Gasteiger charge is -2.31. The van der Waals surface area contributed by atoms with E-state index >= 15 is 0 Å². The fraction of sp³-hybridized carbons (Fsp3) is 0.786. The molecular weight excluding hydrogens is 358 g/mol. The molecule has 0 heterocycles. The van der Waals surface area contributed by atoms with Crippen molar-refractivity contribution in [3.05, 3.63) is 0 Å². The van der Waals surface area contributed by atoms with Crippen LogP contribution in [0.1, 0.15) is 19.8 Å². The van der Waals surface area contributed by atoms with Gasteiger partial charge in [0.1, 0.15) is 24.4 Å². The summed E-state index contributed by atoms with van der Waals surface area (Å²) in [6.45, 7) is 0.185. The van der Waals surface area contributed by atoms with E-state index < -0.39 is 73.5 Å². The van der Waals surface area contributed by atoms with E-state index in [-0.39, 0.29) is 6.29 Å². The van der Waals surface area contributed by atoms with E-state index in [2.05, 4.69) is 0 Å². The largest absolute Gasteiger partial charge is 0.394 e. The zero-order valence-electron chi connectivity index (χ0n) is 14.0. The molecule has 0 aromatic rings. The minimum Gasteiger partial charge on any atom is -0.394 e. The summed E-state index contributed by atoms with van der Waals surface area (Å²) in [7, 11) is 0. The van der Waals surface area contributed by atoms with Crippen LogP contribution in [-0.2, 0) is 14.4 Å². The SMILES string of the molecule is C[C@H](O)[C@@H](O)[C@@H](O)[C@](O)(C=O)CC(=O)NC(=O)C[C@@H](O)[C@H](O)[C@H](O)CO. The first-order valence-corrected chi connectivity index (χ1v) is 7.60. The highest BCUT2D eigenvalue weighted by Crippen LogP contribution is 2.18. The van der Waals surface area contributed by atoms with Gasteiger partial charge in [0.25, 0.3) is 0 Å². The van der Waals surface area contributed by atoms with Crippen molar-refractivity contribution in [2.45, 2.75) is 62.0 Å². The lowest BCUT2D eigenvalue weighted by molar-refractivity contribution is -0.166. The van der Waals surface area contributed by atoms with Crippen molar-refractivity contribution < 1.29 is 55.2 Å². The summed E-state index contributed by atoms with van der Waals surface area (Å²) in [6.07, 6.45) is -13.4. The summed E-state index contributed by atoms with van der Waals surface area (Å²) in [5.41, 5.74) is -2.80. The highest BCUT2D eigenvalue weighted by molar-refractivity contribution is 5.97. The van der Waals surface area contributed by atoms with Crippen molar-refractivity contribution in [3.63, 3.8) is 0 Å². The number of carbonyl (C=O) groups is 3. The molecule has 26 heavy (non-hydrogen) atoms. The summed E-state index contributed by atoms with van der Waals surface area (Å²) >= 11 is 0. The Bertz CT molecular complexity index is 486. The van der Waals surface area contributed by atoms with Crippen LogP contribution >= 0.6 is 0 Å². The highest BCUT2D eigenvalue weighted by Gasteiger charge is 2.43. The Labute approximate surface area is 148 Å². The monoisotopic (exact) mass is 383 g/mol. The number of aliphatic hydroxyl groups excluding tert-OH is 7. The van der Waals surface area contributed by atoms with Gasteiger partial charge in [-0.3, -0.25) is 14.9 Å². The van der Waals surface area contributed by atoms with Crippen LogP contribution in [0, 0.1) is 0 Å². The second kappa shape index (κ2) is 10.6. The molecule has 0 aliphatic heterocycles. The molecule has 152 valence electrons. The summed E-state index contributed by atoms with van der Waals surface area (Å²) in [5, 5.41) is 76.6. The van der Waals surface area contributed by atoms with E-state index in [0.717, 1.165) is 6.92 Å². The molecule has 0 fully saturated rings. The normalized spacial score (nSPS) is 20.8. The van der Waals surface area contributed by atoms with Gasteiger partial charge in [-0.15, -0.1) is 0 Å². The number of aliphatic hydroxyl groups is 8. The third kappa shape index (κ3) is 7.01. The van der Waals surface area contributed by atoms with Crippen molar-refractivity contribution in [1.82, 2.24) is 5.32 Å². The second-order valence-corrected chi connectivity index (χ2v) is 5.95. The van der Waals surface area contributed by atoms with Gasteiger partial charge >= 0.3 is 0 Å². The minimum atomic E-state index is -2.80. The van der Waals surface area contributed by atoms with Gasteiger partial charge in [0.15, 0.2) is 11.9 Å². The van der Waals surface area contributed by atoms with Crippen LogP contribution in [0.3, 0.4) is 0 Å². The first-order valence-electron chi connectivity index (χ1n) is 7.60. The predicted molar refractivity (Wildman–Crippen MR) is 82.2 cm³/mol. The number of hydrogen-bond donors (Lipinski definition) is 9. The number of aldehydes is 1. The molecule has 9 N–H and O–H groups in total. The van der Waals surface area contributed by atoms with Crippen molar-refractivity contribution >= 4 is 18.1 Å². The van der Waals surface area contributed by atoms with Crippen LogP contribution in [0.5, 0.6) is 0 Å². The van der Waals surface area contributed by atoms with E-state index in [9.17, 15) is 39.9 Å². The van der Waals surface area contributed by atoms with Crippen molar-refractivity contribution in [2.75, 3.05) is 6.61 Å². The van der Waals surface area contributed by atoms with Crippen LogP contribution in [0.2, 0.25) is 0 Å². The quantitative estimate of drug-likeness (QED) is 0.153. The van der Waals surface area contributed by atoms with Crippen molar-refractivity contribution in [3.8, 4) is 0 Å². The molecule has 12 nitrogen and oxygen atoms in total. The Hall–Kier alpha value is -1.51. The maximum atomic E-state index is 11.7. The van der Waals surface area contributed by atoms with E-state index in [1.54, 1.807) is 5.32 Å². The number of rotatable bonds is 11. The first-order chi connectivity index (χ1) is 11.9. The number of imide groups is 1. The lowest BCUT2D eigenvalue weighted by atomic mass is 9.88. The van der Waals surface area contributed by atoms with Gasteiger partial charge in [0, 0.05) is 0 Å². The Morgan fingerprint density at radius 3 is 1.96 bits per heavy atom. The maximum Gasteiger partial charge on any atom is 0.230 e. The molecule has 0 aromatic heterocycles. The molecule has 0 spiro atoms. The average Bonchev–Trinajstić information content (AvgIpc) is 2.57. The minimum absolute atomic E-state index is 0.233. The van der Waals surface area contributed by atoms with Crippen LogP contribution in [-0.4, -0.2) is 108 Å². The number of nitrogens with one attached hydrogen (secondary N) is 1. The predicted octanol–water partition coefficient (Wildman–Crippen LogP) is -5.48. The fourth-order valence-electron chi connectivity index (χ4n) is 1.96. The average molecular weight is 383 g/mol. The molecule has 0 aromatic carbocycles. The van der Waals surface area contributed by atoms with Crippen LogP contribution in [0.15, 0.2) is 0 Å².